The molecule has 8 heteroatoms. The zero-order valence-corrected chi connectivity index (χ0v) is 18.0. The van der Waals surface area contributed by atoms with Crippen LogP contribution in [-0.4, -0.2) is 55.0 Å². The van der Waals surface area contributed by atoms with Gasteiger partial charge in [0.1, 0.15) is 5.75 Å². The molecule has 1 unspecified atom stereocenters. The van der Waals surface area contributed by atoms with Crippen LogP contribution >= 0.6 is 0 Å². The van der Waals surface area contributed by atoms with E-state index >= 15 is 0 Å². The van der Waals surface area contributed by atoms with E-state index in [4.69, 9.17) is 9.47 Å². The van der Waals surface area contributed by atoms with E-state index in [9.17, 15) is 14.4 Å². The molecule has 8 nitrogen and oxygen atoms in total. The van der Waals surface area contributed by atoms with Gasteiger partial charge < -0.3 is 14.8 Å². The Morgan fingerprint density at radius 3 is 2.68 bits per heavy atom. The minimum Gasteiger partial charge on any atom is -0.496 e. The second-order valence-electron chi connectivity index (χ2n) is 7.52. The van der Waals surface area contributed by atoms with Gasteiger partial charge >= 0.3 is 0 Å². The molecular formula is C23H27N3O5. The third-order valence-electron chi connectivity index (χ3n) is 5.58. The van der Waals surface area contributed by atoms with Gasteiger partial charge in [0.2, 0.25) is 17.7 Å². The van der Waals surface area contributed by atoms with Gasteiger partial charge in [-0.15, -0.1) is 0 Å². The minimum absolute atomic E-state index is 0.105. The number of pyridine rings is 1. The number of aryl methyl sites for hydroxylation is 1. The van der Waals surface area contributed by atoms with Crippen molar-refractivity contribution in [2.75, 3.05) is 27.4 Å². The molecule has 2 heterocycles. The second kappa shape index (κ2) is 9.70. The quantitative estimate of drug-likeness (QED) is 0.615. The zero-order valence-electron chi connectivity index (χ0n) is 18.0. The summed E-state index contributed by atoms with van der Waals surface area (Å²) in [6.07, 6.45) is 1.39. The molecule has 31 heavy (non-hydrogen) atoms. The maximum absolute atomic E-state index is 13.5. The highest BCUT2D eigenvalue weighted by Crippen LogP contribution is 2.43. The Morgan fingerprint density at radius 2 is 1.97 bits per heavy atom. The van der Waals surface area contributed by atoms with Crippen molar-refractivity contribution in [1.29, 1.82) is 0 Å². The second-order valence-corrected chi connectivity index (χ2v) is 7.52. The van der Waals surface area contributed by atoms with Crippen molar-refractivity contribution in [3.05, 3.63) is 59.4 Å². The van der Waals surface area contributed by atoms with E-state index < -0.39 is 11.3 Å². The lowest BCUT2D eigenvalue weighted by atomic mass is 9.75. The maximum atomic E-state index is 13.5. The molecule has 0 radical (unpaired) electrons. The summed E-state index contributed by atoms with van der Waals surface area (Å²) in [4.78, 5) is 44.6. The molecule has 1 aromatic carbocycles. The molecule has 1 N–H and O–H groups in total. The van der Waals surface area contributed by atoms with Crippen LogP contribution in [0.3, 0.4) is 0 Å². The minimum atomic E-state index is -1.33. The molecule has 0 saturated carbocycles. The molecular weight excluding hydrogens is 398 g/mol. The van der Waals surface area contributed by atoms with Crippen molar-refractivity contribution in [3.63, 3.8) is 0 Å². The first-order valence-electron chi connectivity index (χ1n) is 10.1. The Morgan fingerprint density at radius 1 is 1.19 bits per heavy atom. The lowest BCUT2D eigenvalue weighted by Crippen LogP contribution is -2.43. The summed E-state index contributed by atoms with van der Waals surface area (Å²) in [5, 5.41) is 2.84. The molecule has 3 amide bonds. The van der Waals surface area contributed by atoms with E-state index in [0.717, 1.165) is 11.3 Å². The first-order chi connectivity index (χ1) is 14.9. The van der Waals surface area contributed by atoms with Gasteiger partial charge in [-0.3, -0.25) is 24.3 Å². The van der Waals surface area contributed by atoms with E-state index in [2.05, 4.69) is 10.3 Å². The van der Waals surface area contributed by atoms with E-state index in [1.807, 2.05) is 19.1 Å². The van der Waals surface area contributed by atoms with E-state index in [1.165, 1.54) is 19.1 Å². The van der Waals surface area contributed by atoms with Gasteiger partial charge in [-0.05, 0) is 24.6 Å². The highest BCUT2D eigenvalue weighted by atomic mass is 16.5. The summed E-state index contributed by atoms with van der Waals surface area (Å²) in [6.45, 7) is 2.52. The summed E-state index contributed by atoms with van der Waals surface area (Å²) < 4.78 is 10.5. The van der Waals surface area contributed by atoms with E-state index in [1.54, 1.807) is 30.5 Å². The van der Waals surface area contributed by atoms with Crippen LogP contribution in [0, 0.1) is 6.92 Å². The van der Waals surface area contributed by atoms with Crippen molar-refractivity contribution in [1.82, 2.24) is 15.2 Å². The number of imide groups is 1. The Hall–Kier alpha value is -3.26. The number of rotatable bonds is 9. The van der Waals surface area contributed by atoms with Crippen molar-refractivity contribution >= 4 is 17.7 Å². The summed E-state index contributed by atoms with van der Waals surface area (Å²) >= 11 is 0. The van der Waals surface area contributed by atoms with Gasteiger partial charge in [-0.2, -0.15) is 0 Å². The van der Waals surface area contributed by atoms with Crippen LogP contribution in [0.4, 0.5) is 0 Å². The number of para-hydroxylation sites is 1. The van der Waals surface area contributed by atoms with E-state index in [0.29, 0.717) is 11.3 Å². The van der Waals surface area contributed by atoms with Crippen LogP contribution in [0.1, 0.15) is 29.7 Å². The zero-order chi connectivity index (χ0) is 22.4. The number of carbonyl (C=O) groups is 3. The first kappa shape index (κ1) is 22.4. The maximum Gasteiger partial charge on any atom is 0.241 e. The highest BCUT2D eigenvalue weighted by Gasteiger charge is 2.54. The molecule has 1 aliphatic heterocycles. The number of ether oxygens (including phenoxy) is 2. The fourth-order valence-corrected chi connectivity index (χ4v) is 3.92. The van der Waals surface area contributed by atoms with Crippen LogP contribution in [0.2, 0.25) is 0 Å². The molecule has 0 bridgehead atoms. The van der Waals surface area contributed by atoms with Crippen LogP contribution in [0.5, 0.6) is 5.75 Å². The smallest absolute Gasteiger partial charge is 0.241 e. The van der Waals surface area contributed by atoms with Crippen LogP contribution in [0.25, 0.3) is 0 Å². The SMILES string of the molecule is COCCN1C(=O)CC(CC(=O)NCc2ncccc2C)(c2ccccc2OC)C1=O. The van der Waals surface area contributed by atoms with Crippen molar-refractivity contribution in [3.8, 4) is 5.75 Å². The number of nitrogens with zero attached hydrogens (tertiary/aromatic N) is 2. The Labute approximate surface area is 181 Å². The van der Waals surface area contributed by atoms with Gasteiger partial charge in [0.05, 0.1) is 37.9 Å². The average molecular weight is 425 g/mol. The fourth-order valence-electron chi connectivity index (χ4n) is 3.92. The summed E-state index contributed by atoms with van der Waals surface area (Å²) in [6, 6.07) is 10.8. The third kappa shape index (κ3) is 4.59. The van der Waals surface area contributed by atoms with Gasteiger partial charge in [-0.1, -0.05) is 24.3 Å². The van der Waals surface area contributed by atoms with Gasteiger partial charge in [0.15, 0.2) is 0 Å². The molecule has 3 rings (SSSR count). The first-order valence-corrected chi connectivity index (χ1v) is 10.1. The van der Waals surface area contributed by atoms with Crippen molar-refractivity contribution < 1.29 is 23.9 Å². The Balaban J connectivity index is 1.90. The summed E-state index contributed by atoms with van der Waals surface area (Å²) in [5.41, 5.74) is 0.901. The highest BCUT2D eigenvalue weighted by molar-refractivity contribution is 6.11. The number of aromatic nitrogens is 1. The number of hydrogen-bond donors (Lipinski definition) is 1. The van der Waals surface area contributed by atoms with Crippen LogP contribution < -0.4 is 10.1 Å². The van der Waals surface area contributed by atoms with Gasteiger partial charge in [0, 0.05) is 31.7 Å². The average Bonchev–Trinajstić information content (AvgIpc) is 3.01. The van der Waals surface area contributed by atoms with Crippen LogP contribution in [0.15, 0.2) is 42.6 Å². The number of likely N-dealkylation sites (tertiary alicyclic amines) is 1. The monoisotopic (exact) mass is 425 g/mol. The van der Waals surface area contributed by atoms with Crippen molar-refractivity contribution in [2.45, 2.75) is 31.7 Å². The lowest BCUT2D eigenvalue weighted by Gasteiger charge is -2.28. The standard InChI is InChI=1S/C23H27N3O5/c1-16-7-6-10-24-18(16)15-25-20(27)13-23(17-8-4-5-9-19(17)31-3)14-21(28)26(22(23)29)11-12-30-2/h4-10H,11-15H2,1-3H3,(H,25,27). The van der Waals surface area contributed by atoms with Gasteiger partial charge in [-0.25, -0.2) is 0 Å². The number of benzene rings is 1. The normalized spacial score (nSPS) is 18.4. The predicted molar refractivity (Wildman–Crippen MR) is 113 cm³/mol. The summed E-state index contributed by atoms with van der Waals surface area (Å²) in [7, 11) is 3.01. The number of nitrogens with one attached hydrogen (secondary N) is 1. The predicted octanol–water partition coefficient (Wildman–Crippen LogP) is 1.75. The fraction of sp³-hybridized carbons (Fsp3) is 0.391. The largest absolute Gasteiger partial charge is 0.496 e. The Bertz CT molecular complexity index is 977. The Kier molecular flexibility index (Phi) is 7.02. The molecule has 1 aromatic heterocycles. The molecule has 1 saturated heterocycles. The molecule has 164 valence electrons. The number of hydrogen-bond acceptors (Lipinski definition) is 6. The number of methoxy groups -OCH3 is 2. The number of carbonyl (C=O) groups excluding carboxylic acids is 3. The molecule has 1 fully saturated rings. The lowest BCUT2D eigenvalue weighted by molar-refractivity contribution is -0.141. The summed E-state index contributed by atoms with van der Waals surface area (Å²) in [5.74, 6) is -0.624. The number of amides is 3. The third-order valence-corrected chi connectivity index (χ3v) is 5.58. The molecule has 2 aromatic rings. The topological polar surface area (TPSA) is 97.8 Å². The molecule has 1 atom stereocenters. The molecule has 0 aliphatic carbocycles. The van der Waals surface area contributed by atoms with Crippen LogP contribution in [-0.2, 0) is 31.1 Å². The van der Waals surface area contributed by atoms with E-state index in [-0.39, 0.29) is 44.4 Å². The van der Waals surface area contributed by atoms with Gasteiger partial charge in [0.25, 0.3) is 0 Å². The van der Waals surface area contributed by atoms with Crippen molar-refractivity contribution in [2.24, 2.45) is 0 Å². The molecule has 0 spiro atoms. The molecule has 1 aliphatic rings.